The van der Waals surface area contributed by atoms with E-state index in [4.69, 9.17) is 11.6 Å². The van der Waals surface area contributed by atoms with Crippen molar-refractivity contribution < 1.29 is 4.79 Å². The molecule has 1 aliphatic heterocycles. The molecule has 1 unspecified atom stereocenters. The second-order valence-corrected chi connectivity index (χ2v) is 6.54. The lowest BCUT2D eigenvalue weighted by Gasteiger charge is -2.28. The third kappa shape index (κ3) is 3.41. The summed E-state index contributed by atoms with van der Waals surface area (Å²) in [6, 6.07) is 5.51. The summed E-state index contributed by atoms with van der Waals surface area (Å²) >= 11 is 8.12. The molecule has 2 rings (SSSR count). The molecule has 0 aliphatic carbocycles. The Bertz CT molecular complexity index is 473. The Balaban J connectivity index is 2.15. The monoisotopic (exact) mass is 392 g/mol. The molecule has 1 aromatic carbocycles. The molecule has 104 valence electrons. The van der Waals surface area contributed by atoms with Gasteiger partial charge in [0, 0.05) is 8.59 Å². The van der Waals surface area contributed by atoms with Crippen LogP contribution < -0.4 is 10.6 Å². The Morgan fingerprint density at radius 3 is 2.95 bits per heavy atom. The topological polar surface area (TPSA) is 41.1 Å². The molecule has 0 spiro atoms. The Labute approximate surface area is 132 Å². The molecule has 1 heterocycles. The number of carbonyl (C=O) groups is 1. The predicted molar refractivity (Wildman–Crippen MR) is 87.7 cm³/mol. The summed E-state index contributed by atoms with van der Waals surface area (Å²) in [5.74, 6) is 0.0760. The van der Waals surface area contributed by atoms with Gasteiger partial charge in [-0.1, -0.05) is 24.9 Å². The quantitative estimate of drug-likeness (QED) is 0.765. The normalized spacial score (nSPS) is 22.5. The summed E-state index contributed by atoms with van der Waals surface area (Å²) in [6.45, 7) is 3.03. The first-order valence-corrected chi connectivity index (χ1v) is 8.04. The molecule has 1 amide bonds. The van der Waals surface area contributed by atoms with Gasteiger partial charge in [-0.2, -0.15) is 0 Å². The van der Waals surface area contributed by atoms with E-state index in [2.05, 4.69) is 40.1 Å². The third-order valence-electron chi connectivity index (χ3n) is 3.53. The number of anilines is 1. The standard InChI is InChI=1S/C14H18ClIN2O/c1-2-6-14(7-3-8-17-14)13(19)18-12-5-4-10(15)9-11(12)16/h4-5,9,17H,2-3,6-8H2,1H3,(H,18,19). The van der Waals surface area contributed by atoms with Crippen LogP contribution in [0.5, 0.6) is 0 Å². The van der Waals surface area contributed by atoms with Crippen LogP contribution in [0.4, 0.5) is 5.69 Å². The van der Waals surface area contributed by atoms with Gasteiger partial charge in [-0.3, -0.25) is 4.79 Å². The molecule has 0 saturated carbocycles. The van der Waals surface area contributed by atoms with Gasteiger partial charge >= 0.3 is 0 Å². The maximum Gasteiger partial charge on any atom is 0.244 e. The number of nitrogens with one attached hydrogen (secondary N) is 2. The fourth-order valence-corrected chi connectivity index (χ4v) is 3.59. The number of hydrogen-bond acceptors (Lipinski definition) is 2. The molecule has 3 nitrogen and oxygen atoms in total. The molecule has 1 aliphatic rings. The summed E-state index contributed by atoms with van der Waals surface area (Å²) < 4.78 is 0.961. The lowest BCUT2D eigenvalue weighted by atomic mass is 9.91. The fraction of sp³-hybridized carbons (Fsp3) is 0.500. The van der Waals surface area contributed by atoms with Crippen LogP contribution in [0, 0.1) is 3.57 Å². The summed E-state index contributed by atoms with van der Waals surface area (Å²) in [5.41, 5.74) is 0.441. The molecular formula is C14H18ClIN2O. The van der Waals surface area contributed by atoms with E-state index < -0.39 is 5.54 Å². The van der Waals surface area contributed by atoms with Crippen molar-refractivity contribution in [2.45, 2.75) is 38.1 Å². The Kier molecular flexibility index (Phi) is 5.09. The molecule has 5 heteroatoms. The van der Waals surface area contributed by atoms with Crippen LogP contribution in [0.3, 0.4) is 0 Å². The highest BCUT2D eigenvalue weighted by Crippen LogP contribution is 2.28. The predicted octanol–water partition coefficient (Wildman–Crippen LogP) is 3.81. The van der Waals surface area contributed by atoms with Crippen molar-refractivity contribution in [2.75, 3.05) is 11.9 Å². The van der Waals surface area contributed by atoms with Crippen LogP contribution in [-0.2, 0) is 4.79 Å². The van der Waals surface area contributed by atoms with E-state index in [0.29, 0.717) is 5.02 Å². The van der Waals surface area contributed by atoms with Gasteiger partial charge in [0.05, 0.1) is 11.2 Å². The van der Waals surface area contributed by atoms with Crippen LogP contribution in [0.25, 0.3) is 0 Å². The number of halogens is 2. The average molecular weight is 393 g/mol. The first-order chi connectivity index (χ1) is 9.07. The van der Waals surface area contributed by atoms with Gasteiger partial charge in [-0.25, -0.2) is 0 Å². The highest BCUT2D eigenvalue weighted by atomic mass is 127. The van der Waals surface area contributed by atoms with Gasteiger partial charge in [0.1, 0.15) is 0 Å². The van der Waals surface area contributed by atoms with Crippen molar-refractivity contribution >= 4 is 45.8 Å². The smallest absolute Gasteiger partial charge is 0.244 e. The second-order valence-electron chi connectivity index (χ2n) is 4.94. The lowest BCUT2D eigenvalue weighted by Crippen LogP contribution is -2.50. The lowest BCUT2D eigenvalue weighted by molar-refractivity contribution is -0.122. The first kappa shape index (κ1) is 15.1. The van der Waals surface area contributed by atoms with E-state index in [9.17, 15) is 4.79 Å². The highest BCUT2D eigenvalue weighted by molar-refractivity contribution is 14.1. The summed E-state index contributed by atoms with van der Waals surface area (Å²) in [5, 5.41) is 7.10. The number of hydrogen-bond donors (Lipinski definition) is 2. The summed E-state index contributed by atoms with van der Waals surface area (Å²) in [6.07, 6.45) is 3.85. The highest BCUT2D eigenvalue weighted by Gasteiger charge is 2.39. The van der Waals surface area contributed by atoms with Crippen molar-refractivity contribution in [1.29, 1.82) is 0 Å². The van der Waals surface area contributed by atoms with Crippen LogP contribution >= 0.6 is 34.2 Å². The fourth-order valence-electron chi connectivity index (χ4n) is 2.59. The van der Waals surface area contributed by atoms with E-state index >= 15 is 0 Å². The minimum Gasteiger partial charge on any atom is -0.324 e. The molecule has 19 heavy (non-hydrogen) atoms. The van der Waals surface area contributed by atoms with Gasteiger partial charge in [0.25, 0.3) is 0 Å². The molecule has 1 saturated heterocycles. The molecule has 0 aromatic heterocycles. The van der Waals surface area contributed by atoms with E-state index in [1.165, 1.54) is 0 Å². The molecule has 1 atom stereocenters. The van der Waals surface area contributed by atoms with Crippen molar-refractivity contribution in [1.82, 2.24) is 5.32 Å². The van der Waals surface area contributed by atoms with E-state index in [1.54, 1.807) is 6.07 Å². The number of rotatable bonds is 4. The maximum absolute atomic E-state index is 12.6. The zero-order valence-electron chi connectivity index (χ0n) is 10.9. The SMILES string of the molecule is CCCC1(C(=O)Nc2ccc(Cl)cc2I)CCCN1. The van der Waals surface area contributed by atoms with E-state index in [1.807, 2.05) is 12.1 Å². The average Bonchev–Trinajstić information content (AvgIpc) is 2.83. The molecule has 0 bridgehead atoms. The van der Waals surface area contributed by atoms with Crippen LogP contribution in [0.15, 0.2) is 18.2 Å². The van der Waals surface area contributed by atoms with Crippen molar-refractivity contribution in [2.24, 2.45) is 0 Å². The van der Waals surface area contributed by atoms with Crippen LogP contribution in [0.1, 0.15) is 32.6 Å². The van der Waals surface area contributed by atoms with Gasteiger partial charge in [0.2, 0.25) is 5.91 Å². The first-order valence-electron chi connectivity index (χ1n) is 6.59. The number of benzene rings is 1. The number of carbonyl (C=O) groups excluding carboxylic acids is 1. The van der Waals surface area contributed by atoms with Gasteiger partial charge < -0.3 is 10.6 Å². The van der Waals surface area contributed by atoms with Crippen molar-refractivity contribution in [3.63, 3.8) is 0 Å². The molecule has 2 N–H and O–H groups in total. The molecular weight excluding hydrogens is 375 g/mol. The Morgan fingerprint density at radius 2 is 2.37 bits per heavy atom. The molecule has 1 aromatic rings. The Hall–Kier alpha value is -0.330. The Morgan fingerprint density at radius 1 is 1.58 bits per heavy atom. The summed E-state index contributed by atoms with van der Waals surface area (Å²) in [4.78, 5) is 12.6. The van der Waals surface area contributed by atoms with Gasteiger partial charge in [-0.15, -0.1) is 0 Å². The third-order valence-corrected chi connectivity index (χ3v) is 4.66. The molecule has 0 radical (unpaired) electrons. The van der Waals surface area contributed by atoms with Gasteiger partial charge in [0.15, 0.2) is 0 Å². The van der Waals surface area contributed by atoms with Crippen molar-refractivity contribution in [3.8, 4) is 0 Å². The van der Waals surface area contributed by atoms with E-state index in [0.717, 1.165) is 41.5 Å². The minimum absolute atomic E-state index is 0.0760. The largest absolute Gasteiger partial charge is 0.324 e. The zero-order valence-corrected chi connectivity index (χ0v) is 13.8. The summed E-state index contributed by atoms with van der Waals surface area (Å²) in [7, 11) is 0. The second kappa shape index (κ2) is 6.41. The van der Waals surface area contributed by atoms with Crippen LogP contribution in [-0.4, -0.2) is 18.0 Å². The minimum atomic E-state index is -0.391. The molecule has 1 fully saturated rings. The zero-order chi connectivity index (χ0) is 13.9. The van der Waals surface area contributed by atoms with E-state index in [-0.39, 0.29) is 5.91 Å². The van der Waals surface area contributed by atoms with Crippen molar-refractivity contribution in [3.05, 3.63) is 26.8 Å². The van der Waals surface area contributed by atoms with Gasteiger partial charge in [-0.05, 0) is 66.6 Å². The maximum atomic E-state index is 12.6. The van der Waals surface area contributed by atoms with Crippen LogP contribution in [0.2, 0.25) is 5.02 Å². The number of amides is 1.